The van der Waals surface area contributed by atoms with Crippen molar-refractivity contribution in [3.63, 3.8) is 0 Å². The van der Waals surface area contributed by atoms with Crippen molar-refractivity contribution >= 4 is 10.0 Å². The third-order valence-electron chi connectivity index (χ3n) is 3.30. The van der Waals surface area contributed by atoms with E-state index >= 15 is 0 Å². The molecule has 0 bridgehead atoms. The Kier molecular flexibility index (Phi) is 4.57. The molecule has 21 heavy (non-hydrogen) atoms. The fraction of sp³-hybridized carbons (Fsp3) is 0.467. The van der Waals surface area contributed by atoms with Gasteiger partial charge in [0.25, 0.3) is 0 Å². The topological polar surface area (TPSA) is 75.6 Å². The summed E-state index contributed by atoms with van der Waals surface area (Å²) in [6.45, 7) is 1.86. The highest BCUT2D eigenvalue weighted by molar-refractivity contribution is 7.89. The molecule has 0 aliphatic heterocycles. The highest BCUT2D eigenvalue weighted by Crippen LogP contribution is 2.37. The summed E-state index contributed by atoms with van der Waals surface area (Å²) in [6.07, 6.45) is 2.03. The number of benzene rings is 1. The van der Waals surface area contributed by atoms with Gasteiger partial charge in [0.2, 0.25) is 10.0 Å². The van der Waals surface area contributed by atoms with E-state index in [0.29, 0.717) is 17.7 Å². The van der Waals surface area contributed by atoms with Crippen molar-refractivity contribution in [2.45, 2.75) is 36.6 Å². The normalized spacial score (nSPS) is 16.0. The van der Waals surface area contributed by atoms with E-state index in [2.05, 4.69) is 16.6 Å². The van der Waals surface area contributed by atoms with E-state index in [0.717, 1.165) is 12.8 Å². The predicted octanol–water partition coefficient (Wildman–Crippen LogP) is 1.26. The standard InChI is InChI=1S/C15H19NO4S/c1-15(8-9-15)16-21(18,19)14-11-12(5-3-4-10-17)6-7-13(14)20-2/h6-7,11,16-17H,4,8-10H2,1-2H3. The molecule has 1 saturated carbocycles. The van der Waals surface area contributed by atoms with Gasteiger partial charge in [-0.25, -0.2) is 13.1 Å². The summed E-state index contributed by atoms with van der Waals surface area (Å²) in [6, 6.07) is 4.78. The van der Waals surface area contributed by atoms with Crippen LogP contribution in [0.2, 0.25) is 0 Å². The van der Waals surface area contributed by atoms with Gasteiger partial charge in [0.15, 0.2) is 0 Å². The predicted molar refractivity (Wildman–Crippen MR) is 79.5 cm³/mol. The van der Waals surface area contributed by atoms with Gasteiger partial charge in [-0.2, -0.15) is 0 Å². The van der Waals surface area contributed by atoms with Crippen LogP contribution >= 0.6 is 0 Å². The number of hydrogen-bond acceptors (Lipinski definition) is 4. The summed E-state index contributed by atoms with van der Waals surface area (Å²) in [4.78, 5) is 0.0916. The number of aliphatic hydroxyl groups excluding tert-OH is 1. The zero-order valence-corrected chi connectivity index (χ0v) is 13.0. The first-order chi connectivity index (χ1) is 9.90. The number of sulfonamides is 1. The van der Waals surface area contributed by atoms with E-state index in [4.69, 9.17) is 9.84 Å². The number of hydrogen-bond donors (Lipinski definition) is 2. The van der Waals surface area contributed by atoms with Crippen molar-refractivity contribution in [1.82, 2.24) is 4.72 Å². The average molecular weight is 309 g/mol. The second-order valence-corrected chi connectivity index (χ2v) is 6.96. The zero-order valence-electron chi connectivity index (χ0n) is 12.1. The summed E-state index contributed by atoms with van der Waals surface area (Å²) in [7, 11) is -2.21. The Balaban J connectivity index is 2.36. The van der Waals surface area contributed by atoms with Gasteiger partial charge < -0.3 is 9.84 Å². The lowest BCUT2D eigenvalue weighted by Crippen LogP contribution is -2.34. The molecule has 0 saturated heterocycles. The molecule has 5 nitrogen and oxygen atoms in total. The maximum atomic E-state index is 12.5. The lowest BCUT2D eigenvalue weighted by atomic mass is 10.2. The van der Waals surface area contributed by atoms with Crippen LogP contribution < -0.4 is 9.46 Å². The summed E-state index contributed by atoms with van der Waals surface area (Å²) in [5.74, 6) is 5.89. The Labute approximate surface area is 125 Å². The third kappa shape index (κ3) is 3.97. The average Bonchev–Trinajstić information content (AvgIpc) is 3.15. The van der Waals surface area contributed by atoms with E-state index in [-0.39, 0.29) is 17.0 Å². The maximum absolute atomic E-state index is 12.5. The van der Waals surface area contributed by atoms with Gasteiger partial charge in [-0.05, 0) is 38.0 Å². The zero-order chi connectivity index (χ0) is 15.5. The molecular formula is C15H19NO4S. The molecule has 0 amide bonds. The first kappa shape index (κ1) is 15.8. The molecule has 2 N–H and O–H groups in total. The molecule has 0 atom stereocenters. The minimum atomic E-state index is -3.64. The monoisotopic (exact) mass is 309 g/mol. The molecule has 0 aromatic heterocycles. The number of ether oxygens (including phenoxy) is 1. The van der Waals surface area contributed by atoms with Gasteiger partial charge >= 0.3 is 0 Å². The number of nitrogens with one attached hydrogen (secondary N) is 1. The summed E-state index contributed by atoms with van der Waals surface area (Å²) < 4.78 is 32.8. The summed E-state index contributed by atoms with van der Waals surface area (Å²) in [5, 5.41) is 8.72. The van der Waals surface area contributed by atoms with Crippen molar-refractivity contribution in [2.24, 2.45) is 0 Å². The van der Waals surface area contributed by atoms with E-state index in [1.54, 1.807) is 12.1 Å². The smallest absolute Gasteiger partial charge is 0.244 e. The summed E-state index contributed by atoms with van der Waals surface area (Å²) >= 11 is 0. The van der Waals surface area contributed by atoms with E-state index in [9.17, 15) is 8.42 Å². The summed E-state index contributed by atoms with van der Waals surface area (Å²) in [5.41, 5.74) is 0.230. The molecule has 0 heterocycles. The van der Waals surface area contributed by atoms with Gasteiger partial charge in [0.05, 0.1) is 13.7 Å². The molecule has 6 heteroatoms. The highest BCUT2D eigenvalue weighted by atomic mass is 32.2. The van der Waals surface area contributed by atoms with Gasteiger partial charge in [0.1, 0.15) is 10.6 Å². The van der Waals surface area contributed by atoms with Crippen molar-refractivity contribution in [3.8, 4) is 17.6 Å². The maximum Gasteiger partial charge on any atom is 0.244 e. The molecule has 114 valence electrons. The Morgan fingerprint density at radius 3 is 2.71 bits per heavy atom. The fourth-order valence-corrected chi connectivity index (χ4v) is 3.52. The lowest BCUT2D eigenvalue weighted by molar-refractivity contribution is 0.305. The number of aliphatic hydroxyl groups is 1. The minimum Gasteiger partial charge on any atom is -0.495 e. The van der Waals surface area contributed by atoms with Crippen molar-refractivity contribution < 1.29 is 18.3 Å². The number of methoxy groups -OCH3 is 1. The van der Waals surface area contributed by atoms with Crippen LogP contribution in [0.5, 0.6) is 5.75 Å². The fourth-order valence-electron chi connectivity index (χ4n) is 1.85. The molecule has 1 fully saturated rings. The molecule has 0 radical (unpaired) electrons. The Bertz CT molecular complexity index is 681. The van der Waals surface area contributed by atoms with Gasteiger partial charge in [-0.15, -0.1) is 0 Å². The molecular weight excluding hydrogens is 290 g/mol. The molecule has 1 aliphatic rings. The van der Waals surface area contributed by atoms with Crippen LogP contribution in [-0.4, -0.2) is 32.8 Å². The van der Waals surface area contributed by atoms with Gasteiger partial charge in [-0.3, -0.25) is 0 Å². The molecule has 1 aromatic carbocycles. The second kappa shape index (κ2) is 6.06. The van der Waals surface area contributed by atoms with Crippen LogP contribution in [0.1, 0.15) is 31.7 Å². The van der Waals surface area contributed by atoms with Crippen LogP contribution in [0.15, 0.2) is 23.1 Å². The quantitative estimate of drug-likeness (QED) is 0.803. The number of rotatable bonds is 5. The molecule has 1 aromatic rings. The van der Waals surface area contributed by atoms with Crippen LogP contribution in [0.4, 0.5) is 0 Å². The molecule has 2 rings (SSSR count). The third-order valence-corrected chi connectivity index (χ3v) is 4.96. The Hall–Kier alpha value is -1.55. The van der Waals surface area contributed by atoms with Crippen LogP contribution in [0, 0.1) is 11.8 Å². The van der Waals surface area contributed by atoms with E-state index in [1.165, 1.54) is 13.2 Å². The van der Waals surface area contributed by atoms with Crippen LogP contribution in [0.3, 0.4) is 0 Å². The van der Waals surface area contributed by atoms with Crippen molar-refractivity contribution in [1.29, 1.82) is 0 Å². The minimum absolute atomic E-state index is 0.0196. The van der Waals surface area contributed by atoms with E-state index < -0.39 is 10.0 Å². The van der Waals surface area contributed by atoms with Crippen LogP contribution in [-0.2, 0) is 10.0 Å². The second-order valence-electron chi connectivity index (χ2n) is 5.31. The Morgan fingerprint density at radius 1 is 1.43 bits per heavy atom. The largest absolute Gasteiger partial charge is 0.495 e. The molecule has 0 spiro atoms. The highest BCUT2D eigenvalue weighted by Gasteiger charge is 2.41. The van der Waals surface area contributed by atoms with Crippen LogP contribution in [0.25, 0.3) is 0 Å². The van der Waals surface area contributed by atoms with Crippen molar-refractivity contribution in [3.05, 3.63) is 23.8 Å². The van der Waals surface area contributed by atoms with E-state index in [1.807, 2.05) is 6.92 Å². The Morgan fingerprint density at radius 2 is 2.14 bits per heavy atom. The molecule has 0 unspecified atom stereocenters. The van der Waals surface area contributed by atoms with Gasteiger partial charge in [0, 0.05) is 17.5 Å². The first-order valence-electron chi connectivity index (χ1n) is 6.72. The molecule has 1 aliphatic carbocycles. The van der Waals surface area contributed by atoms with Gasteiger partial charge in [-0.1, -0.05) is 11.8 Å². The lowest BCUT2D eigenvalue weighted by Gasteiger charge is -2.14. The van der Waals surface area contributed by atoms with Crippen molar-refractivity contribution in [2.75, 3.05) is 13.7 Å². The first-order valence-corrected chi connectivity index (χ1v) is 8.20. The SMILES string of the molecule is COc1ccc(C#CCCO)cc1S(=O)(=O)NC1(C)CC1.